The molecule has 64 valence electrons. The van der Waals surface area contributed by atoms with Gasteiger partial charge in [0.2, 0.25) is 0 Å². The summed E-state index contributed by atoms with van der Waals surface area (Å²) in [7, 11) is 0. The van der Waals surface area contributed by atoms with Crippen LogP contribution in [0.1, 0.15) is 40.5 Å². The second-order valence-corrected chi connectivity index (χ2v) is 3.45. The van der Waals surface area contributed by atoms with Gasteiger partial charge in [-0.25, -0.2) is 0 Å². The zero-order chi connectivity index (χ0) is 8.85. The summed E-state index contributed by atoms with van der Waals surface area (Å²) < 4.78 is 0. The zero-order valence-corrected chi connectivity index (χ0v) is 8.28. The van der Waals surface area contributed by atoms with Crippen LogP contribution < -0.4 is 0 Å². The summed E-state index contributed by atoms with van der Waals surface area (Å²) in [5, 5.41) is 0. The molecule has 0 heteroatoms. The monoisotopic (exact) mass is 152 g/mol. The van der Waals surface area contributed by atoms with Crippen molar-refractivity contribution in [1.29, 1.82) is 0 Å². The van der Waals surface area contributed by atoms with Gasteiger partial charge in [0.05, 0.1) is 0 Å². The van der Waals surface area contributed by atoms with E-state index in [9.17, 15) is 0 Å². The maximum atomic E-state index is 4.04. The quantitative estimate of drug-likeness (QED) is 0.535. The lowest BCUT2D eigenvalue weighted by molar-refractivity contribution is 0.741. The first-order valence-electron chi connectivity index (χ1n) is 4.41. The van der Waals surface area contributed by atoms with Crippen molar-refractivity contribution in [3.05, 3.63) is 23.8 Å². The predicted octanol–water partition coefficient (Wildman–Crippen LogP) is 3.95. The molecule has 11 heavy (non-hydrogen) atoms. The highest BCUT2D eigenvalue weighted by Gasteiger charge is 1.99. The average Bonchev–Trinajstić information content (AvgIpc) is 1.87. The van der Waals surface area contributed by atoms with Crippen LogP contribution in [-0.4, -0.2) is 0 Å². The molecule has 0 fully saturated rings. The molecule has 0 aliphatic heterocycles. The van der Waals surface area contributed by atoms with E-state index in [-0.39, 0.29) is 0 Å². The fourth-order valence-electron chi connectivity index (χ4n) is 0.983. The largest absolute Gasteiger partial charge is 0.0993 e. The zero-order valence-electron chi connectivity index (χ0n) is 8.28. The highest BCUT2D eigenvalue weighted by molar-refractivity contribution is 5.11. The molecular weight excluding hydrogens is 132 g/mol. The van der Waals surface area contributed by atoms with Gasteiger partial charge in [0.1, 0.15) is 0 Å². The Hall–Kier alpha value is -0.520. The van der Waals surface area contributed by atoms with Gasteiger partial charge >= 0.3 is 0 Å². The lowest BCUT2D eigenvalue weighted by Crippen LogP contribution is -1.92. The van der Waals surface area contributed by atoms with Gasteiger partial charge < -0.3 is 0 Å². The molecule has 0 aromatic rings. The molecule has 0 nitrogen and oxygen atoms in total. The van der Waals surface area contributed by atoms with Gasteiger partial charge in [-0.15, -0.1) is 0 Å². The van der Waals surface area contributed by atoms with Crippen molar-refractivity contribution in [2.75, 3.05) is 0 Å². The molecule has 0 spiro atoms. The van der Waals surface area contributed by atoms with Crippen LogP contribution in [0.25, 0.3) is 0 Å². The van der Waals surface area contributed by atoms with Crippen LogP contribution in [0.3, 0.4) is 0 Å². The fourth-order valence-corrected chi connectivity index (χ4v) is 0.983. The van der Waals surface area contributed by atoms with E-state index in [1.165, 1.54) is 11.1 Å². The normalized spacial score (nSPS) is 12.3. The van der Waals surface area contributed by atoms with Crippen molar-refractivity contribution < 1.29 is 0 Å². The van der Waals surface area contributed by atoms with Crippen LogP contribution in [0.5, 0.6) is 0 Å². The third-order valence-electron chi connectivity index (χ3n) is 1.87. The van der Waals surface area contributed by atoms with Gasteiger partial charge in [-0.05, 0) is 25.7 Å². The molecule has 0 radical (unpaired) electrons. The van der Waals surface area contributed by atoms with Crippen molar-refractivity contribution in [3.8, 4) is 0 Å². The first-order valence-corrected chi connectivity index (χ1v) is 4.41. The Morgan fingerprint density at radius 1 is 1.45 bits per heavy atom. The van der Waals surface area contributed by atoms with Crippen molar-refractivity contribution >= 4 is 0 Å². The maximum absolute atomic E-state index is 4.04. The van der Waals surface area contributed by atoms with E-state index in [2.05, 4.69) is 40.3 Å². The first kappa shape index (κ1) is 10.5. The van der Waals surface area contributed by atoms with Crippen LogP contribution in [0.2, 0.25) is 0 Å². The van der Waals surface area contributed by atoms with Crippen molar-refractivity contribution in [2.24, 2.45) is 5.92 Å². The van der Waals surface area contributed by atoms with Crippen molar-refractivity contribution in [1.82, 2.24) is 0 Å². The highest BCUT2D eigenvalue weighted by atomic mass is 14.1. The van der Waals surface area contributed by atoms with Gasteiger partial charge in [0.25, 0.3) is 0 Å². The second-order valence-electron chi connectivity index (χ2n) is 3.45. The van der Waals surface area contributed by atoms with Crippen LogP contribution in [-0.2, 0) is 0 Å². The Morgan fingerprint density at radius 3 is 2.36 bits per heavy atom. The van der Waals surface area contributed by atoms with E-state index in [1.807, 2.05) is 0 Å². The summed E-state index contributed by atoms with van der Waals surface area (Å²) in [4.78, 5) is 0. The number of allylic oxidation sites excluding steroid dienone is 3. The summed E-state index contributed by atoms with van der Waals surface area (Å²) >= 11 is 0. The molecule has 0 aromatic heterocycles. The van der Waals surface area contributed by atoms with Crippen LogP contribution >= 0.6 is 0 Å². The van der Waals surface area contributed by atoms with E-state index < -0.39 is 0 Å². The lowest BCUT2D eigenvalue weighted by Gasteiger charge is -2.08. The Bertz CT molecular complexity index is 149. The molecule has 0 aromatic carbocycles. The molecule has 0 bridgehead atoms. The standard InChI is InChI=1S/C11H20/c1-6-7-10(4)8-11(5)9(2)3/h7,9H,5-6,8H2,1-4H3/b10-7-. The average molecular weight is 152 g/mol. The van der Waals surface area contributed by atoms with E-state index in [1.54, 1.807) is 0 Å². The van der Waals surface area contributed by atoms with E-state index in [0.717, 1.165) is 12.8 Å². The molecule has 0 amide bonds. The molecule has 0 saturated heterocycles. The number of hydrogen-bond donors (Lipinski definition) is 0. The molecule has 0 atom stereocenters. The Kier molecular flexibility index (Phi) is 4.93. The summed E-state index contributed by atoms with van der Waals surface area (Å²) in [5.74, 6) is 0.621. The molecule has 0 unspecified atom stereocenters. The Balaban J connectivity index is 3.85. The molecule has 0 aliphatic carbocycles. The topological polar surface area (TPSA) is 0 Å². The second kappa shape index (κ2) is 5.17. The van der Waals surface area contributed by atoms with Crippen LogP contribution in [0.4, 0.5) is 0 Å². The third kappa shape index (κ3) is 4.83. The molecule has 0 heterocycles. The third-order valence-corrected chi connectivity index (χ3v) is 1.87. The number of rotatable bonds is 4. The Labute approximate surface area is 71.0 Å². The number of hydrogen-bond acceptors (Lipinski definition) is 0. The molecule has 0 rings (SSSR count). The molecule has 0 N–H and O–H groups in total. The van der Waals surface area contributed by atoms with E-state index in [4.69, 9.17) is 0 Å². The smallest absolute Gasteiger partial charge is 0.0111 e. The lowest BCUT2D eigenvalue weighted by atomic mass is 9.98. The van der Waals surface area contributed by atoms with Crippen molar-refractivity contribution in [2.45, 2.75) is 40.5 Å². The van der Waals surface area contributed by atoms with Crippen molar-refractivity contribution in [3.63, 3.8) is 0 Å². The first-order chi connectivity index (χ1) is 5.07. The van der Waals surface area contributed by atoms with E-state index in [0.29, 0.717) is 5.92 Å². The molecule has 0 saturated carbocycles. The highest BCUT2D eigenvalue weighted by Crippen LogP contribution is 2.16. The predicted molar refractivity (Wildman–Crippen MR) is 52.6 cm³/mol. The van der Waals surface area contributed by atoms with Crippen LogP contribution in [0.15, 0.2) is 23.8 Å². The van der Waals surface area contributed by atoms with Crippen LogP contribution in [0, 0.1) is 5.92 Å². The Morgan fingerprint density at radius 2 is 2.00 bits per heavy atom. The minimum absolute atomic E-state index is 0.621. The van der Waals surface area contributed by atoms with Gasteiger partial charge in [0, 0.05) is 0 Å². The van der Waals surface area contributed by atoms with E-state index >= 15 is 0 Å². The minimum atomic E-state index is 0.621. The molecular formula is C11H20. The molecule has 0 aliphatic rings. The van der Waals surface area contributed by atoms with Gasteiger partial charge in [-0.1, -0.05) is 44.6 Å². The maximum Gasteiger partial charge on any atom is -0.0111 e. The summed E-state index contributed by atoms with van der Waals surface area (Å²) in [6.45, 7) is 12.8. The SMILES string of the molecule is C=C(C/C(C)=C\CC)C(C)C. The fraction of sp³-hybridized carbons (Fsp3) is 0.636. The summed E-state index contributed by atoms with van der Waals surface area (Å²) in [6, 6.07) is 0. The van der Waals surface area contributed by atoms with Gasteiger partial charge in [0.15, 0.2) is 0 Å². The van der Waals surface area contributed by atoms with Gasteiger partial charge in [-0.3, -0.25) is 0 Å². The van der Waals surface area contributed by atoms with Gasteiger partial charge in [-0.2, -0.15) is 0 Å². The summed E-state index contributed by atoms with van der Waals surface area (Å²) in [5.41, 5.74) is 2.79. The summed E-state index contributed by atoms with van der Waals surface area (Å²) in [6.07, 6.45) is 4.48. The minimum Gasteiger partial charge on any atom is -0.0993 e.